The molecule has 0 amide bonds. The molecule has 30 heavy (non-hydrogen) atoms. The molecule has 0 radical (unpaired) electrons. The zero-order chi connectivity index (χ0) is 21.8. The number of hydrogen-bond acceptors (Lipinski definition) is 6. The maximum atomic E-state index is 11.0. The van der Waals surface area contributed by atoms with Gasteiger partial charge in [0.15, 0.2) is 6.29 Å². The van der Waals surface area contributed by atoms with Gasteiger partial charge in [-0.3, -0.25) is 9.59 Å². The highest BCUT2D eigenvalue weighted by Crippen LogP contribution is 2.32. The van der Waals surface area contributed by atoms with E-state index in [9.17, 15) is 14.7 Å². The molecule has 0 spiro atoms. The molecule has 2 N–H and O–H groups in total. The molecular formula is C23H36O7. The summed E-state index contributed by atoms with van der Waals surface area (Å²) in [6.45, 7) is 2.93. The van der Waals surface area contributed by atoms with E-state index >= 15 is 0 Å². The van der Waals surface area contributed by atoms with E-state index < -0.39 is 12.3 Å². The van der Waals surface area contributed by atoms with Crippen LogP contribution in [0, 0.1) is 11.8 Å². The molecule has 0 bridgehead atoms. The number of carboxylic acid groups (broad SMARTS) is 1. The van der Waals surface area contributed by atoms with Crippen LogP contribution < -0.4 is 0 Å². The lowest BCUT2D eigenvalue weighted by Crippen LogP contribution is -2.32. The van der Waals surface area contributed by atoms with Gasteiger partial charge >= 0.3 is 11.9 Å². The lowest BCUT2D eigenvalue weighted by Gasteiger charge is -2.31. The van der Waals surface area contributed by atoms with Crippen molar-refractivity contribution < 1.29 is 34.0 Å². The van der Waals surface area contributed by atoms with Gasteiger partial charge in [-0.05, 0) is 69.9 Å². The molecule has 2 unspecified atom stereocenters. The molecule has 0 heterocycles. The third-order valence-corrected chi connectivity index (χ3v) is 5.72. The number of ether oxygens (including phenoxy) is 3. The fraction of sp³-hybridized carbons (Fsp3) is 0.739. The number of aliphatic carboxylic acids is 1. The Kier molecular flexibility index (Phi) is 10.9. The van der Waals surface area contributed by atoms with Gasteiger partial charge in [-0.15, -0.1) is 0 Å². The van der Waals surface area contributed by atoms with Crippen molar-refractivity contribution in [2.45, 2.75) is 83.5 Å². The number of esters is 1. The van der Waals surface area contributed by atoms with Crippen LogP contribution in [0.2, 0.25) is 0 Å². The van der Waals surface area contributed by atoms with Crippen LogP contribution in [0.15, 0.2) is 24.0 Å². The summed E-state index contributed by atoms with van der Waals surface area (Å²) in [5.74, 6) is -0.350. The van der Waals surface area contributed by atoms with E-state index in [1.54, 1.807) is 6.92 Å². The van der Waals surface area contributed by atoms with Crippen LogP contribution in [0.25, 0.3) is 0 Å². The third kappa shape index (κ3) is 8.88. The standard InChI is InChI=1S/C23H36O7/c1-2-21(24)29-16-6-4-3-5-15-28-19-11-13-20(14-12-19)30-23(27)18-9-7-17(8-10-18)22(25)26/h11-13,17-18,20,23,27H,2-10,14-16H2,1H3,(H,25,26). The number of hydrogen-bond donors (Lipinski definition) is 2. The van der Waals surface area contributed by atoms with Crippen molar-refractivity contribution >= 4 is 11.9 Å². The highest BCUT2D eigenvalue weighted by Gasteiger charge is 2.31. The van der Waals surface area contributed by atoms with E-state index in [0.29, 0.717) is 51.7 Å². The van der Waals surface area contributed by atoms with Gasteiger partial charge in [0.25, 0.3) is 0 Å². The molecule has 2 rings (SSSR count). The molecule has 0 aromatic heterocycles. The molecule has 7 heteroatoms. The maximum absolute atomic E-state index is 11.0. The summed E-state index contributed by atoms with van der Waals surface area (Å²) >= 11 is 0. The van der Waals surface area contributed by atoms with Crippen LogP contribution in [0.4, 0.5) is 0 Å². The molecular weight excluding hydrogens is 388 g/mol. The zero-order valence-corrected chi connectivity index (χ0v) is 18.0. The van der Waals surface area contributed by atoms with Crippen LogP contribution in [-0.4, -0.2) is 47.8 Å². The van der Waals surface area contributed by atoms with Crippen molar-refractivity contribution in [3.63, 3.8) is 0 Å². The molecule has 0 aromatic carbocycles. The van der Waals surface area contributed by atoms with E-state index in [-0.39, 0.29) is 23.9 Å². The minimum atomic E-state index is -0.859. The largest absolute Gasteiger partial charge is 0.494 e. The Bertz CT molecular complexity index is 590. The van der Waals surface area contributed by atoms with Crippen molar-refractivity contribution in [1.29, 1.82) is 0 Å². The van der Waals surface area contributed by atoms with Crippen LogP contribution >= 0.6 is 0 Å². The molecule has 0 saturated heterocycles. The van der Waals surface area contributed by atoms with E-state index in [1.807, 2.05) is 18.2 Å². The minimum Gasteiger partial charge on any atom is -0.494 e. The Labute approximate surface area is 179 Å². The molecule has 170 valence electrons. The monoisotopic (exact) mass is 424 g/mol. The highest BCUT2D eigenvalue weighted by atomic mass is 16.6. The Hall–Kier alpha value is -1.86. The minimum absolute atomic E-state index is 0.00104. The van der Waals surface area contributed by atoms with Crippen LogP contribution in [0.3, 0.4) is 0 Å². The van der Waals surface area contributed by atoms with Crippen molar-refractivity contribution in [3.05, 3.63) is 24.0 Å². The lowest BCUT2D eigenvalue weighted by molar-refractivity contribution is -0.165. The second kappa shape index (κ2) is 13.4. The third-order valence-electron chi connectivity index (χ3n) is 5.72. The number of rotatable bonds is 13. The fourth-order valence-electron chi connectivity index (χ4n) is 3.77. The summed E-state index contributed by atoms with van der Waals surface area (Å²) in [4.78, 5) is 22.0. The Morgan fingerprint density at radius 3 is 2.40 bits per heavy atom. The smallest absolute Gasteiger partial charge is 0.306 e. The number of carboxylic acids is 1. The van der Waals surface area contributed by atoms with Gasteiger partial charge in [-0.25, -0.2) is 0 Å². The van der Waals surface area contributed by atoms with E-state index in [1.165, 1.54) is 0 Å². The maximum Gasteiger partial charge on any atom is 0.306 e. The molecule has 2 aliphatic rings. The van der Waals surface area contributed by atoms with Gasteiger partial charge < -0.3 is 24.4 Å². The normalized spacial score (nSPS) is 24.7. The number of aliphatic hydroxyl groups excluding tert-OH is 1. The summed E-state index contributed by atoms with van der Waals surface area (Å²) in [7, 11) is 0. The second-order valence-electron chi connectivity index (χ2n) is 8.05. The summed E-state index contributed by atoms with van der Waals surface area (Å²) in [5, 5.41) is 19.4. The highest BCUT2D eigenvalue weighted by molar-refractivity contribution is 5.70. The SMILES string of the molecule is CCC(=O)OCCCCCCOC1=CCC(OC(O)C2CCC(C(=O)O)CC2)C=C1. The van der Waals surface area contributed by atoms with Gasteiger partial charge in [0.2, 0.25) is 0 Å². The quantitative estimate of drug-likeness (QED) is 0.262. The topological polar surface area (TPSA) is 102 Å². The van der Waals surface area contributed by atoms with Gasteiger partial charge in [-0.1, -0.05) is 13.0 Å². The number of carbonyl (C=O) groups excluding carboxylic acids is 1. The molecule has 1 saturated carbocycles. The van der Waals surface area contributed by atoms with Gasteiger partial charge in [0, 0.05) is 12.3 Å². The average Bonchev–Trinajstić information content (AvgIpc) is 2.76. The number of unbranched alkanes of at least 4 members (excludes halogenated alkanes) is 3. The first-order valence-corrected chi connectivity index (χ1v) is 11.2. The molecule has 7 nitrogen and oxygen atoms in total. The van der Waals surface area contributed by atoms with Gasteiger partial charge in [0.05, 0.1) is 25.2 Å². The van der Waals surface area contributed by atoms with Crippen LogP contribution in [-0.2, 0) is 23.8 Å². The van der Waals surface area contributed by atoms with Crippen molar-refractivity contribution in [2.75, 3.05) is 13.2 Å². The average molecular weight is 425 g/mol. The van der Waals surface area contributed by atoms with Crippen molar-refractivity contribution in [1.82, 2.24) is 0 Å². The summed E-state index contributed by atoms with van der Waals surface area (Å²) in [5.41, 5.74) is 0. The Balaban J connectivity index is 1.53. The fourth-order valence-corrected chi connectivity index (χ4v) is 3.77. The van der Waals surface area contributed by atoms with E-state index in [4.69, 9.17) is 19.3 Å². The first kappa shape index (κ1) is 24.4. The van der Waals surface area contributed by atoms with Gasteiger partial charge in [-0.2, -0.15) is 0 Å². The summed E-state index contributed by atoms with van der Waals surface area (Å²) in [6.07, 6.45) is 12.2. The van der Waals surface area contributed by atoms with Gasteiger partial charge in [0.1, 0.15) is 5.76 Å². The lowest BCUT2D eigenvalue weighted by atomic mass is 9.81. The van der Waals surface area contributed by atoms with Crippen molar-refractivity contribution in [2.24, 2.45) is 11.8 Å². The van der Waals surface area contributed by atoms with E-state index in [2.05, 4.69) is 0 Å². The molecule has 2 aliphatic carbocycles. The number of aliphatic hydroxyl groups is 1. The van der Waals surface area contributed by atoms with E-state index in [0.717, 1.165) is 31.4 Å². The predicted molar refractivity (Wildman–Crippen MR) is 111 cm³/mol. The Morgan fingerprint density at radius 1 is 1.10 bits per heavy atom. The number of carbonyl (C=O) groups is 2. The number of allylic oxidation sites excluding steroid dienone is 1. The second-order valence-corrected chi connectivity index (χ2v) is 8.05. The molecule has 0 aliphatic heterocycles. The zero-order valence-electron chi connectivity index (χ0n) is 18.0. The first-order chi connectivity index (χ1) is 14.5. The predicted octanol–water partition coefficient (Wildman–Crippen LogP) is 3.96. The summed E-state index contributed by atoms with van der Waals surface area (Å²) < 4.78 is 16.6. The first-order valence-electron chi connectivity index (χ1n) is 11.2. The molecule has 1 fully saturated rings. The summed E-state index contributed by atoms with van der Waals surface area (Å²) in [6, 6.07) is 0. The molecule has 0 aromatic rings. The Morgan fingerprint density at radius 2 is 1.80 bits per heavy atom. The van der Waals surface area contributed by atoms with Crippen molar-refractivity contribution in [3.8, 4) is 0 Å². The van der Waals surface area contributed by atoms with Crippen LogP contribution in [0.1, 0.15) is 71.1 Å². The molecule has 2 atom stereocenters. The van der Waals surface area contributed by atoms with Crippen LogP contribution in [0.5, 0.6) is 0 Å².